The molecule has 1 aliphatic rings. The number of amides is 2. The quantitative estimate of drug-likeness (QED) is 0.482. The zero-order valence-electron chi connectivity index (χ0n) is 15.6. The zero-order valence-corrected chi connectivity index (χ0v) is 16.4. The van der Waals surface area contributed by atoms with E-state index in [0.29, 0.717) is 16.5 Å². The van der Waals surface area contributed by atoms with Gasteiger partial charge in [0.15, 0.2) is 11.5 Å². The highest BCUT2D eigenvalue weighted by atomic mass is 32.2. The van der Waals surface area contributed by atoms with Crippen LogP contribution in [-0.4, -0.2) is 33.4 Å². The van der Waals surface area contributed by atoms with Gasteiger partial charge in [0, 0.05) is 17.5 Å². The molecule has 4 rings (SSSR count). The van der Waals surface area contributed by atoms with Crippen LogP contribution in [0.1, 0.15) is 11.1 Å². The summed E-state index contributed by atoms with van der Waals surface area (Å²) >= 11 is 0.779. The smallest absolute Gasteiger partial charge is 0.336 e. The van der Waals surface area contributed by atoms with E-state index in [4.69, 9.17) is 9.15 Å². The van der Waals surface area contributed by atoms with Crippen LogP contribution in [0.15, 0.2) is 56.6 Å². The van der Waals surface area contributed by atoms with Gasteiger partial charge in [0.25, 0.3) is 11.1 Å². The number of carbonyl (C=O) groups is 2. The van der Waals surface area contributed by atoms with Crippen LogP contribution in [0.3, 0.4) is 0 Å². The van der Waals surface area contributed by atoms with Gasteiger partial charge in [-0.3, -0.25) is 14.5 Å². The summed E-state index contributed by atoms with van der Waals surface area (Å²) in [5.74, 6) is -0.365. The van der Waals surface area contributed by atoms with E-state index in [2.05, 4.69) is 0 Å². The molecule has 1 saturated heterocycles. The second-order valence-electron chi connectivity index (χ2n) is 6.47. The molecule has 30 heavy (non-hydrogen) atoms. The Morgan fingerprint density at radius 1 is 1.10 bits per heavy atom. The fourth-order valence-electron chi connectivity index (χ4n) is 3.09. The number of hydrogen-bond acceptors (Lipinski definition) is 8. The molecule has 2 heterocycles. The predicted molar refractivity (Wildman–Crippen MR) is 110 cm³/mol. The Labute approximate surface area is 174 Å². The number of aromatic hydroxyl groups is 2. The maximum absolute atomic E-state index is 12.8. The van der Waals surface area contributed by atoms with E-state index in [0.717, 1.165) is 16.7 Å². The van der Waals surface area contributed by atoms with Crippen LogP contribution in [0, 0.1) is 0 Å². The molecule has 1 fully saturated rings. The third kappa shape index (κ3) is 3.62. The molecule has 8 nitrogen and oxygen atoms in total. The molecule has 0 unspecified atom stereocenters. The fraction of sp³-hybridized carbons (Fsp3) is 0.0952. The number of phenols is 2. The van der Waals surface area contributed by atoms with Crippen LogP contribution in [0.5, 0.6) is 17.2 Å². The zero-order chi connectivity index (χ0) is 21.4. The van der Waals surface area contributed by atoms with Crippen LogP contribution in [0.25, 0.3) is 17.0 Å². The lowest BCUT2D eigenvalue weighted by atomic mass is 10.1. The molecule has 1 aromatic heterocycles. The highest BCUT2D eigenvalue weighted by molar-refractivity contribution is 8.18. The van der Waals surface area contributed by atoms with Gasteiger partial charge in [-0.05, 0) is 53.2 Å². The van der Waals surface area contributed by atoms with Crippen molar-refractivity contribution in [2.45, 2.75) is 6.54 Å². The topological polar surface area (TPSA) is 117 Å². The van der Waals surface area contributed by atoms with E-state index < -0.39 is 16.8 Å². The Bertz CT molecular complexity index is 1280. The van der Waals surface area contributed by atoms with Crippen molar-refractivity contribution >= 4 is 40.0 Å². The molecule has 0 saturated carbocycles. The Balaban J connectivity index is 1.66. The van der Waals surface area contributed by atoms with Gasteiger partial charge in [-0.2, -0.15) is 0 Å². The number of nitrogens with zero attached hydrogens (tertiary/aromatic N) is 1. The van der Waals surface area contributed by atoms with Gasteiger partial charge in [0.05, 0.1) is 18.6 Å². The maximum Gasteiger partial charge on any atom is 0.336 e. The molecule has 0 radical (unpaired) electrons. The summed E-state index contributed by atoms with van der Waals surface area (Å²) in [6.45, 7) is -0.117. The fourth-order valence-corrected chi connectivity index (χ4v) is 3.93. The summed E-state index contributed by atoms with van der Waals surface area (Å²) < 4.78 is 10.1. The molecule has 9 heteroatoms. The molecular weight excluding hydrogens is 410 g/mol. The Kier molecular flexibility index (Phi) is 4.96. The molecular formula is C21H15NO7S. The summed E-state index contributed by atoms with van der Waals surface area (Å²) in [5.41, 5.74) is 0.519. The van der Waals surface area contributed by atoms with Gasteiger partial charge < -0.3 is 19.4 Å². The second kappa shape index (κ2) is 7.60. The van der Waals surface area contributed by atoms with Crippen molar-refractivity contribution in [1.82, 2.24) is 4.90 Å². The third-order valence-corrected chi connectivity index (χ3v) is 5.42. The number of benzene rings is 2. The van der Waals surface area contributed by atoms with Crippen molar-refractivity contribution in [2.24, 2.45) is 0 Å². The highest BCUT2D eigenvalue weighted by Crippen LogP contribution is 2.35. The largest absolute Gasteiger partial charge is 0.508 e. The van der Waals surface area contributed by atoms with E-state index in [1.54, 1.807) is 18.2 Å². The highest BCUT2D eigenvalue weighted by Gasteiger charge is 2.35. The van der Waals surface area contributed by atoms with Gasteiger partial charge >= 0.3 is 5.63 Å². The van der Waals surface area contributed by atoms with E-state index in [1.165, 1.54) is 37.5 Å². The summed E-state index contributed by atoms with van der Waals surface area (Å²) in [5, 5.41) is 19.3. The van der Waals surface area contributed by atoms with Gasteiger partial charge in [-0.25, -0.2) is 4.79 Å². The Hall–Kier alpha value is -3.72. The molecule has 3 aromatic rings. The van der Waals surface area contributed by atoms with Crippen LogP contribution in [-0.2, 0) is 11.3 Å². The lowest BCUT2D eigenvalue weighted by Crippen LogP contribution is -2.28. The number of methoxy groups -OCH3 is 1. The van der Waals surface area contributed by atoms with Gasteiger partial charge in [-0.1, -0.05) is 6.07 Å². The minimum absolute atomic E-state index is 0.0384. The van der Waals surface area contributed by atoms with Crippen LogP contribution >= 0.6 is 11.8 Å². The standard InChI is InChI=1S/C21H15NO7S/c1-28-17-6-11(2-5-15(17)24)7-18-20(26)22(21(27)30-18)10-12-8-19(25)29-16-9-13(23)3-4-14(12)16/h2-9,23-24H,10H2,1H3/b18-7-. The number of fused-ring (bicyclic) bond motifs is 1. The molecule has 152 valence electrons. The van der Waals surface area contributed by atoms with Crippen molar-refractivity contribution in [2.75, 3.05) is 7.11 Å². The molecule has 2 N–H and O–H groups in total. The second-order valence-corrected chi connectivity index (χ2v) is 7.46. The molecule has 2 amide bonds. The number of hydrogen-bond donors (Lipinski definition) is 2. The Morgan fingerprint density at radius 3 is 2.67 bits per heavy atom. The minimum atomic E-state index is -0.651. The number of ether oxygens (including phenoxy) is 1. The number of rotatable bonds is 4. The van der Waals surface area contributed by atoms with Gasteiger partial charge in [0.1, 0.15) is 11.3 Å². The summed E-state index contributed by atoms with van der Waals surface area (Å²) in [6, 6.07) is 10.1. The van der Waals surface area contributed by atoms with E-state index in [1.807, 2.05) is 0 Å². The van der Waals surface area contributed by atoms with Crippen LogP contribution in [0.4, 0.5) is 4.79 Å². The number of phenolic OH excluding ortho intramolecular Hbond substituents is 2. The lowest BCUT2D eigenvalue weighted by molar-refractivity contribution is -0.123. The summed E-state index contributed by atoms with van der Waals surface area (Å²) in [4.78, 5) is 38.4. The molecule has 0 spiro atoms. The first-order valence-corrected chi connectivity index (χ1v) is 9.55. The first-order chi connectivity index (χ1) is 14.4. The number of imide groups is 1. The van der Waals surface area contributed by atoms with E-state index in [9.17, 15) is 24.6 Å². The average Bonchev–Trinajstić information content (AvgIpc) is 2.96. The molecule has 0 aliphatic carbocycles. The summed E-state index contributed by atoms with van der Waals surface area (Å²) in [6.07, 6.45) is 1.53. The molecule has 2 aromatic carbocycles. The summed E-state index contributed by atoms with van der Waals surface area (Å²) in [7, 11) is 1.41. The third-order valence-electron chi connectivity index (χ3n) is 4.52. The van der Waals surface area contributed by atoms with Crippen molar-refractivity contribution in [3.63, 3.8) is 0 Å². The van der Waals surface area contributed by atoms with E-state index >= 15 is 0 Å². The van der Waals surface area contributed by atoms with Crippen LogP contribution in [0.2, 0.25) is 0 Å². The van der Waals surface area contributed by atoms with Crippen molar-refractivity contribution < 1.29 is 29.0 Å². The number of thioether (sulfide) groups is 1. The van der Waals surface area contributed by atoms with Gasteiger partial charge in [-0.15, -0.1) is 0 Å². The molecule has 0 atom stereocenters. The van der Waals surface area contributed by atoms with Crippen molar-refractivity contribution in [1.29, 1.82) is 0 Å². The monoisotopic (exact) mass is 425 g/mol. The first kappa shape index (κ1) is 19.6. The normalized spacial score (nSPS) is 15.4. The first-order valence-electron chi connectivity index (χ1n) is 8.74. The van der Waals surface area contributed by atoms with Crippen molar-refractivity contribution in [3.8, 4) is 17.2 Å². The Morgan fingerprint density at radius 2 is 1.90 bits per heavy atom. The SMILES string of the molecule is COc1cc(/C=C2\SC(=O)N(Cc3cc(=O)oc4cc(O)ccc34)C2=O)ccc1O. The number of carbonyl (C=O) groups excluding carboxylic acids is 2. The molecule has 1 aliphatic heterocycles. The minimum Gasteiger partial charge on any atom is -0.508 e. The van der Waals surface area contributed by atoms with Gasteiger partial charge in [0.2, 0.25) is 0 Å². The maximum atomic E-state index is 12.8. The average molecular weight is 425 g/mol. The lowest BCUT2D eigenvalue weighted by Gasteiger charge is -2.13. The predicted octanol–water partition coefficient (Wildman–Crippen LogP) is 3.45. The van der Waals surface area contributed by atoms with E-state index in [-0.39, 0.29) is 34.3 Å². The van der Waals surface area contributed by atoms with Crippen molar-refractivity contribution in [3.05, 3.63) is 68.9 Å². The van der Waals surface area contributed by atoms with Crippen LogP contribution < -0.4 is 10.4 Å². The molecule has 0 bridgehead atoms.